The van der Waals surface area contributed by atoms with Gasteiger partial charge < -0.3 is 29.6 Å². The molecule has 62 heavy (non-hydrogen) atoms. The molecule has 6 rings (SSSR count). The van der Waals surface area contributed by atoms with Crippen LogP contribution in [0.15, 0.2) is 120 Å². The van der Waals surface area contributed by atoms with Crippen LogP contribution < -0.4 is 29.6 Å². The number of benzene rings is 5. The van der Waals surface area contributed by atoms with Crippen LogP contribution in [0.4, 0.5) is 11.4 Å². The van der Waals surface area contributed by atoms with Gasteiger partial charge in [-0.3, -0.25) is 19.2 Å². The summed E-state index contributed by atoms with van der Waals surface area (Å²) in [5, 5.41) is 11.4. The number of hydrogen-bond donors (Lipinski definition) is 2. The lowest BCUT2D eigenvalue weighted by molar-refractivity contribution is 0.0751. The normalized spacial score (nSPS) is 11.9. The number of unbranched alkanes of at least 4 members (excludes halogenated alkanes) is 2. The first-order chi connectivity index (χ1) is 30.1. The third-order valence-corrected chi connectivity index (χ3v) is 9.78. The predicted molar refractivity (Wildman–Crippen MR) is 244 cm³/mol. The lowest BCUT2D eigenvalue weighted by Crippen LogP contribution is -2.32. The smallest absolute Gasteiger partial charge is 0.274 e. The van der Waals surface area contributed by atoms with Crippen LogP contribution in [-0.2, 0) is 0 Å². The zero-order valence-electron chi connectivity index (χ0n) is 35.6. The van der Waals surface area contributed by atoms with Crippen LogP contribution in [0.2, 0.25) is 0 Å². The fourth-order valence-corrected chi connectivity index (χ4v) is 6.29. The third-order valence-electron chi connectivity index (χ3n) is 9.56. The standard InChI is InChI=1S/C38H40N4O6.C11H13ClO2/c1-4-6-23-48-32-19-14-27(15-20-32)36(43)39-30-17-12-26(13-18-30)37(44)40-31-10-7-9-29(24-31)38(45)42-22-8-11-33(41-42)28-16-21-34(46-3)35(25-28)47-5-2;1-2-3-8-14-10-6-4-9(5-7-10)11(12)13/h7,9-10,12-21,24-25H,4-6,8,11,22-23H2,1-3H3,(H,39,43)(H,40,44);4-7H,2-3,8H2,1H3. The largest absolute Gasteiger partial charge is 0.494 e. The SMILES string of the molecule is CCCCOc1ccc(C(=O)Cl)cc1.CCCCOc1ccc(C(=O)Nc2ccc(C(=O)Nc3cccc(C(=O)N4CCCC(c5ccc(OC)c(OCC)c5)=N4)c3)cc2)cc1. The van der Waals surface area contributed by atoms with E-state index in [2.05, 4.69) is 29.6 Å². The van der Waals surface area contributed by atoms with Crippen molar-refractivity contribution in [3.63, 3.8) is 0 Å². The highest BCUT2D eigenvalue weighted by molar-refractivity contribution is 6.67. The van der Waals surface area contributed by atoms with E-state index in [4.69, 9.17) is 30.5 Å². The Morgan fingerprint density at radius 3 is 1.79 bits per heavy atom. The highest BCUT2D eigenvalue weighted by atomic mass is 35.5. The summed E-state index contributed by atoms with van der Waals surface area (Å²) in [7, 11) is 1.59. The number of carbonyl (C=O) groups excluding carboxylic acids is 4. The molecule has 0 aliphatic carbocycles. The van der Waals surface area contributed by atoms with Crippen LogP contribution >= 0.6 is 11.6 Å². The summed E-state index contributed by atoms with van der Waals surface area (Å²) in [4.78, 5) is 50.0. The Balaban J connectivity index is 0.000000441. The van der Waals surface area contributed by atoms with Gasteiger partial charge in [-0.05, 0) is 153 Å². The van der Waals surface area contributed by atoms with E-state index in [1.165, 1.54) is 5.01 Å². The van der Waals surface area contributed by atoms with Gasteiger partial charge in [0.1, 0.15) is 11.5 Å². The molecule has 1 aliphatic rings. The number of anilines is 2. The van der Waals surface area contributed by atoms with Gasteiger partial charge in [0, 0.05) is 45.7 Å². The zero-order chi connectivity index (χ0) is 44.3. The summed E-state index contributed by atoms with van der Waals surface area (Å²) in [6.07, 6.45) is 5.65. The number of hydrazone groups is 1. The third kappa shape index (κ3) is 13.7. The lowest BCUT2D eigenvalue weighted by Gasteiger charge is -2.24. The molecule has 13 heteroatoms. The van der Waals surface area contributed by atoms with Gasteiger partial charge in [-0.25, -0.2) is 5.01 Å². The number of nitrogens with one attached hydrogen (secondary N) is 2. The van der Waals surface area contributed by atoms with Crippen LogP contribution in [0.3, 0.4) is 0 Å². The van der Waals surface area contributed by atoms with Crippen LogP contribution in [0, 0.1) is 0 Å². The van der Waals surface area contributed by atoms with Crippen LogP contribution in [-0.4, -0.2) is 67.2 Å². The molecule has 0 saturated carbocycles. The van der Waals surface area contributed by atoms with Crippen LogP contribution in [0.1, 0.15) is 106 Å². The van der Waals surface area contributed by atoms with Gasteiger partial charge in [0.05, 0.1) is 32.6 Å². The van der Waals surface area contributed by atoms with Gasteiger partial charge >= 0.3 is 0 Å². The molecule has 2 N–H and O–H groups in total. The van der Waals surface area contributed by atoms with Gasteiger partial charge in [0.2, 0.25) is 0 Å². The highest BCUT2D eigenvalue weighted by Gasteiger charge is 2.22. The summed E-state index contributed by atoms with van der Waals surface area (Å²) < 4.78 is 22.2. The molecule has 0 fully saturated rings. The number of nitrogens with zero attached hydrogens (tertiary/aromatic N) is 2. The second kappa shape index (κ2) is 24.0. The van der Waals surface area contributed by atoms with Gasteiger partial charge in [-0.15, -0.1) is 0 Å². The summed E-state index contributed by atoms with van der Waals surface area (Å²) in [5.41, 5.74) is 4.47. The molecule has 1 aliphatic heterocycles. The minimum absolute atomic E-state index is 0.263. The first-order valence-electron chi connectivity index (χ1n) is 20.8. The van der Waals surface area contributed by atoms with Crippen molar-refractivity contribution < 1.29 is 38.1 Å². The Labute approximate surface area is 368 Å². The molecule has 0 radical (unpaired) electrons. The number of hydrogen-bond acceptors (Lipinski definition) is 9. The van der Waals surface area contributed by atoms with E-state index >= 15 is 0 Å². The fraction of sp³-hybridized carbons (Fsp3) is 0.286. The molecular formula is C49H53ClN4O8. The highest BCUT2D eigenvalue weighted by Crippen LogP contribution is 2.30. The maximum absolute atomic E-state index is 13.5. The van der Waals surface area contributed by atoms with E-state index in [0.717, 1.165) is 61.3 Å². The van der Waals surface area contributed by atoms with Gasteiger partial charge in [0.15, 0.2) is 11.5 Å². The number of amides is 3. The Kier molecular flexibility index (Phi) is 17.9. The van der Waals surface area contributed by atoms with Crippen LogP contribution in [0.5, 0.6) is 23.0 Å². The summed E-state index contributed by atoms with van der Waals surface area (Å²) in [6.45, 7) is 8.45. The van der Waals surface area contributed by atoms with Crippen LogP contribution in [0.25, 0.3) is 0 Å². The maximum atomic E-state index is 13.5. The van der Waals surface area contributed by atoms with Crippen molar-refractivity contribution in [2.75, 3.05) is 44.1 Å². The molecule has 0 bridgehead atoms. The van der Waals surface area contributed by atoms with Crippen molar-refractivity contribution in [1.82, 2.24) is 5.01 Å². The number of methoxy groups -OCH3 is 1. The molecule has 0 unspecified atom stereocenters. The van der Waals surface area contributed by atoms with Crippen molar-refractivity contribution in [1.29, 1.82) is 0 Å². The van der Waals surface area contributed by atoms with E-state index in [9.17, 15) is 19.2 Å². The summed E-state index contributed by atoms with van der Waals surface area (Å²) >= 11 is 5.30. The lowest BCUT2D eigenvalue weighted by atomic mass is 10.0. The molecule has 0 spiro atoms. The van der Waals surface area contributed by atoms with Crippen molar-refractivity contribution in [3.05, 3.63) is 143 Å². The Morgan fingerprint density at radius 1 is 0.645 bits per heavy atom. The number of carbonyl (C=O) groups is 4. The number of ether oxygens (including phenoxy) is 4. The molecule has 5 aromatic rings. The molecule has 1 heterocycles. The minimum Gasteiger partial charge on any atom is -0.494 e. The molecule has 3 amide bonds. The second-order valence-corrected chi connectivity index (χ2v) is 14.5. The Hall–Kier alpha value is -6.66. The van der Waals surface area contributed by atoms with Gasteiger partial charge in [-0.2, -0.15) is 5.10 Å². The molecule has 5 aromatic carbocycles. The fourth-order valence-electron chi connectivity index (χ4n) is 6.16. The topological polar surface area (TPSA) is 145 Å². The summed E-state index contributed by atoms with van der Waals surface area (Å²) in [5.74, 6) is 1.89. The van der Waals surface area contributed by atoms with Crippen molar-refractivity contribution in [3.8, 4) is 23.0 Å². The molecule has 324 valence electrons. The second-order valence-electron chi connectivity index (χ2n) is 14.2. The van der Waals surface area contributed by atoms with E-state index in [-0.39, 0.29) is 17.7 Å². The first-order valence-corrected chi connectivity index (χ1v) is 21.2. The maximum Gasteiger partial charge on any atom is 0.274 e. The van der Waals surface area contributed by atoms with Crippen molar-refractivity contribution in [2.45, 2.75) is 59.3 Å². The molecular weight excluding hydrogens is 808 g/mol. The monoisotopic (exact) mass is 860 g/mol. The number of halogens is 1. The van der Waals surface area contributed by atoms with Crippen molar-refractivity contribution in [2.24, 2.45) is 5.10 Å². The van der Waals surface area contributed by atoms with Gasteiger partial charge in [0.25, 0.3) is 23.0 Å². The average molecular weight is 861 g/mol. The van der Waals surface area contributed by atoms with E-state index in [0.29, 0.717) is 71.5 Å². The van der Waals surface area contributed by atoms with E-state index in [1.54, 1.807) is 104 Å². The minimum atomic E-state index is -0.440. The molecule has 0 aromatic heterocycles. The zero-order valence-corrected chi connectivity index (χ0v) is 36.3. The molecule has 0 atom stereocenters. The summed E-state index contributed by atoms with van der Waals surface area (Å²) in [6, 6.07) is 32.8. The Morgan fingerprint density at radius 2 is 1.23 bits per heavy atom. The molecule has 12 nitrogen and oxygen atoms in total. The van der Waals surface area contributed by atoms with Gasteiger partial charge in [-0.1, -0.05) is 32.8 Å². The Bertz CT molecular complexity index is 2300. The average Bonchev–Trinajstić information content (AvgIpc) is 3.30. The van der Waals surface area contributed by atoms with E-state index in [1.807, 2.05) is 25.1 Å². The van der Waals surface area contributed by atoms with E-state index < -0.39 is 5.24 Å². The first kappa shape index (κ1) is 46.4. The molecule has 0 saturated heterocycles. The quantitative estimate of drug-likeness (QED) is 0.0654. The predicted octanol–water partition coefficient (Wildman–Crippen LogP) is 10.7. The number of rotatable bonds is 18. The van der Waals surface area contributed by atoms with Crippen molar-refractivity contribution >= 4 is 51.7 Å².